The molecule has 1 aromatic heterocycles. The molecule has 0 aliphatic rings. The molecule has 0 aliphatic carbocycles. The molecule has 0 saturated heterocycles. The van der Waals surface area contributed by atoms with Crippen molar-refractivity contribution in [3.8, 4) is 5.69 Å². The number of hydrogen-bond donors (Lipinski definition) is 0. The molecule has 0 spiro atoms. The van der Waals surface area contributed by atoms with E-state index in [-0.39, 0.29) is 5.41 Å². The van der Waals surface area contributed by atoms with Gasteiger partial charge in [0, 0.05) is 16.5 Å². The van der Waals surface area contributed by atoms with Gasteiger partial charge in [-0.3, -0.25) is 0 Å². The molecule has 4 aromatic rings. The number of nitrogens with zero attached hydrogens (tertiary/aromatic N) is 1. The number of hydrogen-bond acceptors (Lipinski definition) is 0. The summed E-state index contributed by atoms with van der Waals surface area (Å²) in [4.78, 5) is 0. The first-order valence-corrected chi connectivity index (χ1v) is 8.56. The summed E-state index contributed by atoms with van der Waals surface area (Å²) in [6.45, 7) is 9.10. The van der Waals surface area contributed by atoms with Crippen LogP contribution in [0.1, 0.15) is 31.9 Å². The van der Waals surface area contributed by atoms with Crippen molar-refractivity contribution in [3.05, 3.63) is 77.9 Å². The first-order chi connectivity index (χ1) is 11.5. The van der Waals surface area contributed by atoms with Crippen LogP contribution < -0.4 is 0 Å². The first-order valence-electron chi connectivity index (χ1n) is 8.56. The van der Waals surface area contributed by atoms with E-state index in [0.717, 1.165) is 0 Å². The van der Waals surface area contributed by atoms with Crippen molar-refractivity contribution in [1.29, 1.82) is 0 Å². The molecule has 0 bridgehead atoms. The van der Waals surface area contributed by atoms with E-state index in [1.54, 1.807) is 0 Å². The van der Waals surface area contributed by atoms with E-state index in [4.69, 9.17) is 0 Å². The molecule has 120 valence electrons. The van der Waals surface area contributed by atoms with Gasteiger partial charge in [-0.15, -0.1) is 0 Å². The molecule has 0 saturated carbocycles. The number of aryl methyl sites for hydroxylation is 1. The van der Waals surface area contributed by atoms with Crippen LogP contribution in [0.25, 0.3) is 27.5 Å². The quantitative estimate of drug-likeness (QED) is 0.384. The van der Waals surface area contributed by atoms with Crippen molar-refractivity contribution >= 4 is 21.8 Å². The normalized spacial score (nSPS) is 12.2. The Morgan fingerprint density at radius 2 is 1.38 bits per heavy atom. The minimum atomic E-state index is 0.147. The maximum Gasteiger partial charge on any atom is 0.0543 e. The second-order valence-corrected chi connectivity index (χ2v) is 7.62. The van der Waals surface area contributed by atoms with Crippen LogP contribution in [0.15, 0.2) is 66.7 Å². The summed E-state index contributed by atoms with van der Waals surface area (Å²) in [5.74, 6) is 0. The fourth-order valence-corrected chi connectivity index (χ4v) is 3.78. The van der Waals surface area contributed by atoms with Crippen molar-refractivity contribution in [1.82, 2.24) is 4.57 Å². The van der Waals surface area contributed by atoms with Crippen molar-refractivity contribution < 1.29 is 0 Å². The minimum absolute atomic E-state index is 0.147. The molecule has 4 rings (SSSR count). The first kappa shape index (κ1) is 15.0. The van der Waals surface area contributed by atoms with E-state index in [2.05, 4.69) is 99.0 Å². The molecular weight excluding hydrogens is 290 g/mol. The predicted octanol–water partition coefficient (Wildman–Crippen LogP) is 6.39. The highest BCUT2D eigenvalue weighted by molar-refractivity contribution is 6.09. The van der Waals surface area contributed by atoms with E-state index < -0.39 is 0 Å². The van der Waals surface area contributed by atoms with Gasteiger partial charge in [0.25, 0.3) is 0 Å². The Morgan fingerprint density at radius 3 is 2.08 bits per heavy atom. The second kappa shape index (κ2) is 5.24. The van der Waals surface area contributed by atoms with Gasteiger partial charge in [0.05, 0.1) is 11.0 Å². The highest BCUT2D eigenvalue weighted by Gasteiger charge is 2.20. The Balaban J connectivity index is 2.17. The summed E-state index contributed by atoms with van der Waals surface area (Å²) in [5.41, 5.74) is 6.69. The Labute approximate surface area is 143 Å². The summed E-state index contributed by atoms with van der Waals surface area (Å²) in [6.07, 6.45) is 0. The molecule has 24 heavy (non-hydrogen) atoms. The molecule has 0 N–H and O–H groups in total. The van der Waals surface area contributed by atoms with E-state index in [1.165, 1.54) is 38.6 Å². The SMILES string of the molecule is Cc1cc2c(cc1C(C)(C)C)c1ccccc1n2-c1ccccc1. The standard InChI is InChI=1S/C23H23N/c1-16-14-22-19(15-20(16)23(2,3)4)18-12-8-9-13-21(18)24(22)17-10-6-5-7-11-17/h5-15H,1-4H3. The lowest BCUT2D eigenvalue weighted by atomic mass is 9.83. The van der Waals surface area contributed by atoms with Gasteiger partial charge in [-0.1, -0.05) is 57.2 Å². The van der Waals surface area contributed by atoms with Gasteiger partial charge < -0.3 is 4.57 Å². The van der Waals surface area contributed by atoms with Crippen LogP contribution in [0.2, 0.25) is 0 Å². The molecular formula is C23H23N. The highest BCUT2D eigenvalue weighted by atomic mass is 15.0. The minimum Gasteiger partial charge on any atom is -0.309 e. The number of rotatable bonds is 1. The van der Waals surface area contributed by atoms with Crippen LogP contribution in [0.3, 0.4) is 0 Å². The van der Waals surface area contributed by atoms with Gasteiger partial charge in [-0.2, -0.15) is 0 Å². The van der Waals surface area contributed by atoms with Crippen molar-refractivity contribution in [2.45, 2.75) is 33.1 Å². The lowest BCUT2D eigenvalue weighted by molar-refractivity contribution is 0.587. The van der Waals surface area contributed by atoms with Gasteiger partial charge in [-0.25, -0.2) is 0 Å². The molecule has 1 heterocycles. The Hall–Kier alpha value is -2.54. The van der Waals surface area contributed by atoms with E-state index >= 15 is 0 Å². The number of aromatic nitrogens is 1. The zero-order valence-electron chi connectivity index (χ0n) is 14.8. The Kier molecular flexibility index (Phi) is 3.28. The van der Waals surface area contributed by atoms with Crippen LogP contribution >= 0.6 is 0 Å². The molecule has 0 atom stereocenters. The predicted molar refractivity (Wildman–Crippen MR) is 104 cm³/mol. The Bertz CT molecular complexity index is 1030. The third-order valence-corrected chi connectivity index (χ3v) is 4.84. The smallest absolute Gasteiger partial charge is 0.0543 e. The van der Waals surface area contributed by atoms with Crippen molar-refractivity contribution in [2.24, 2.45) is 0 Å². The lowest BCUT2D eigenvalue weighted by Gasteiger charge is -2.22. The summed E-state index contributed by atoms with van der Waals surface area (Å²) in [6, 6.07) is 24.1. The van der Waals surface area contributed by atoms with E-state index in [1.807, 2.05) is 0 Å². The van der Waals surface area contributed by atoms with E-state index in [0.29, 0.717) is 0 Å². The molecule has 0 fully saturated rings. The van der Waals surface area contributed by atoms with Gasteiger partial charge in [0.1, 0.15) is 0 Å². The number of fused-ring (bicyclic) bond motifs is 3. The zero-order valence-corrected chi connectivity index (χ0v) is 14.8. The fourth-order valence-electron chi connectivity index (χ4n) is 3.78. The largest absolute Gasteiger partial charge is 0.309 e. The average molecular weight is 313 g/mol. The monoisotopic (exact) mass is 313 g/mol. The molecule has 1 heteroatoms. The molecule has 0 amide bonds. The highest BCUT2D eigenvalue weighted by Crippen LogP contribution is 2.36. The summed E-state index contributed by atoms with van der Waals surface area (Å²) >= 11 is 0. The van der Waals surface area contributed by atoms with Gasteiger partial charge in [0.2, 0.25) is 0 Å². The molecule has 0 unspecified atom stereocenters. The second-order valence-electron chi connectivity index (χ2n) is 7.62. The van der Waals surface area contributed by atoms with Crippen LogP contribution in [0, 0.1) is 6.92 Å². The van der Waals surface area contributed by atoms with Crippen LogP contribution in [-0.4, -0.2) is 4.57 Å². The van der Waals surface area contributed by atoms with Gasteiger partial charge >= 0.3 is 0 Å². The zero-order chi connectivity index (χ0) is 16.9. The van der Waals surface area contributed by atoms with Crippen molar-refractivity contribution in [3.63, 3.8) is 0 Å². The summed E-state index contributed by atoms with van der Waals surface area (Å²) < 4.78 is 2.38. The van der Waals surface area contributed by atoms with Crippen LogP contribution in [0.5, 0.6) is 0 Å². The maximum absolute atomic E-state index is 2.40. The molecule has 3 aromatic carbocycles. The summed E-state index contributed by atoms with van der Waals surface area (Å²) in [7, 11) is 0. The Morgan fingerprint density at radius 1 is 0.708 bits per heavy atom. The lowest BCUT2D eigenvalue weighted by Crippen LogP contribution is -2.13. The van der Waals surface area contributed by atoms with Crippen molar-refractivity contribution in [2.75, 3.05) is 0 Å². The van der Waals surface area contributed by atoms with Gasteiger partial charge in [-0.05, 0) is 53.8 Å². The molecule has 0 radical (unpaired) electrons. The fraction of sp³-hybridized carbons (Fsp3) is 0.217. The van der Waals surface area contributed by atoms with Gasteiger partial charge in [0.15, 0.2) is 0 Å². The third kappa shape index (κ3) is 2.24. The maximum atomic E-state index is 2.40. The molecule has 1 nitrogen and oxygen atoms in total. The topological polar surface area (TPSA) is 4.93 Å². The van der Waals surface area contributed by atoms with Crippen LogP contribution in [-0.2, 0) is 5.41 Å². The third-order valence-electron chi connectivity index (χ3n) is 4.84. The average Bonchev–Trinajstić information content (AvgIpc) is 2.87. The number of benzene rings is 3. The van der Waals surface area contributed by atoms with Crippen LogP contribution in [0.4, 0.5) is 0 Å². The van der Waals surface area contributed by atoms with E-state index in [9.17, 15) is 0 Å². The molecule has 0 aliphatic heterocycles. The summed E-state index contributed by atoms with van der Waals surface area (Å²) in [5, 5.41) is 2.66. The number of para-hydroxylation sites is 2.